The van der Waals surface area contributed by atoms with Crippen molar-refractivity contribution < 1.29 is 13.2 Å². The van der Waals surface area contributed by atoms with Gasteiger partial charge in [-0.05, 0) is 40.8 Å². The summed E-state index contributed by atoms with van der Waals surface area (Å²) in [6.07, 6.45) is -3.01. The monoisotopic (exact) mass is 466 g/mol. The molecule has 0 radical (unpaired) electrons. The highest BCUT2D eigenvalue weighted by Gasteiger charge is 2.32. The summed E-state index contributed by atoms with van der Waals surface area (Å²) in [5, 5.41) is 16.6. The van der Waals surface area contributed by atoms with Gasteiger partial charge in [0.15, 0.2) is 5.82 Å². The molecule has 0 fully saturated rings. The second-order valence-corrected chi connectivity index (χ2v) is 7.51. The highest BCUT2D eigenvalue weighted by atomic mass is 35.5. The van der Waals surface area contributed by atoms with Crippen molar-refractivity contribution in [2.75, 3.05) is 0 Å². The number of rotatable bonds is 4. The van der Waals surface area contributed by atoms with Gasteiger partial charge in [-0.1, -0.05) is 60.1 Å². The third-order valence-corrected chi connectivity index (χ3v) is 5.35. The maximum absolute atomic E-state index is 13.4. The van der Waals surface area contributed by atoms with Gasteiger partial charge < -0.3 is 0 Å². The molecule has 0 amide bonds. The molecule has 0 saturated heterocycles. The Balaban J connectivity index is 1.76. The van der Waals surface area contributed by atoms with E-state index in [2.05, 4.69) is 20.6 Å². The first-order valence-corrected chi connectivity index (χ1v) is 10.2. The van der Waals surface area contributed by atoms with Crippen LogP contribution in [0.25, 0.3) is 34.0 Å². The van der Waals surface area contributed by atoms with Crippen molar-refractivity contribution in [3.05, 3.63) is 95.6 Å². The Morgan fingerprint density at radius 3 is 2.21 bits per heavy atom. The van der Waals surface area contributed by atoms with Gasteiger partial charge in [0.25, 0.3) is 0 Å². The third-order valence-electron chi connectivity index (χ3n) is 5.03. The van der Waals surface area contributed by atoms with E-state index in [1.54, 1.807) is 4.68 Å². The molecule has 3 aromatic carbocycles. The van der Waals surface area contributed by atoms with Crippen molar-refractivity contribution in [2.45, 2.75) is 6.18 Å². The molecule has 0 aliphatic heterocycles. The lowest BCUT2D eigenvalue weighted by Gasteiger charge is -2.14. The van der Waals surface area contributed by atoms with Crippen LogP contribution in [0.15, 0.2) is 85.1 Å². The molecular weight excluding hydrogens is 453 g/mol. The summed E-state index contributed by atoms with van der Waals surface area (Å²) in [6, 6.07) is 21.5. The minimum Gasteiger partial charge on any atom is -0.231 e. The second-order valence-electron chi connectivity index (χ2n) is 7.10. The maximum atomic E-state index is 13.4. The molecule has 0 spiro atoms. The number of alkyl halides is 3. The predicted molar refractivity (Wildman–Crippen MR) is 117 cm³/mol. The van der Waals surface area contributed by atoms with Crippen LogP contribution >= 0.6 is 11.6 Å². The van der Waals surface area contributed by atoms with Crippen molar-refractivity contribution in [2.24, 2.45) is 0 Å². The normalized spacial score (nSPS) is 11.6. The molecule has 164 valence electrons. The molecule has 33 heavy (non-hydrogen) atoms. The Hall–Kier alpha value is -3.98. The molecule has 2 heterocycles. The minimum atomic E-state index is -4.53. The summed E-state index contributed by atoms with van der Waals surface area (Å²) in [4.78, 5) is 0. The average Bonchev–Trinajstić information content (AvgIpc) is 3.47. The molecule has 0 aliphatic carbocycles. The SMILES string of the molecule is FC(F)(F)c1ccc(Cl)c(-n2ncc(-c3nnnn3-c3ccccc3)c2-c2ccccc2)c1. The lowest BCUT2D eigenvalue weighted by molar-refractivity contribution is -0.137. The average molecular weight is 467 g/mol. The van der Waals surface area contributed by atoms with Crippen molar-refractivity contribution in [3.8, 4) is 34.0 Å². The smallest absolute Gasteiger partial charge is 0.231 e. The molecule has 6 nitrogen and oxygen atoms in total. The number of para-hydroxylation sites is 1. The Kier molecular flexibility index (Phi) is 5.18. The zero-order valence-corrected chi connectivity index (χ0v) is 17.5. The first kappa shape index (κ1) is 20.9. The van der Waals surface area contributed by atoms with E-state index in [0.29, 0.717) is 22.6 Å². The van der Waals surface area contributed by atoms with Gasteiger partial charge in [-0.15, -0.1) is 5.10 Å². The van der Waals surface area contributed by atoms with Crippen LogP contribution in [0.1, 0.15) is 5.56 Å². The molecule has 10 heteroatoms. The molecular formula is C23H14ClF3N6. The van der Waals surface area contributed by atoms with E-state index >= 15 is 0 Å². The lowest BCUT2D eigenvalue weighted by Crippen LogP contribution is -2.08. The molecule has 5 aromatic rings. The lowest BCUT2D eigenvalue weighted by atomic mass is 10.1. The zero-order valence-electron chi connectivity index (χ0n) is 16.8. The van der Waals surface area contributed by atoms with Crippen LogP contribution in [0.4, 0.5) is 13.2 Å². The van der Waals surface area contributed by atoms with Gasteiger partial charge in [-0.25, -0.2) is 4.68 Å². The molecule has 0 bridgehead atoms. The van der Waals surface area contributed by atoms with E-state index < -0.39 is 11.7 Å². The Bertz CT molecular complexity index is 1410. The number of nitrogens with zero attached hydrogens (tertiary/aromatic N) is 6. The van der Waals surface area contributed by atoms with E-state index in [9.17, 15) is 13.2 Å². The van der Waals surface area contributed by atoms with Crippen LogP contribution < -0.4 is 0 Å². The van der Waals surface area contributed by atoms with Gasteiger partial charge in [0, 0.05) is 5.56 Å². The van der Waals surface area contributed by atoms with Gasteiger partial charge >= 0.3 is 6.18 Å². The highest BCUT2D eigenvalue weighted by molar-refractivity contribution is 6.32. The topological polar surface area (TPSA) is 61.4 Å². The van der Waals surface area contributed by atoms with Crippen molar-refractivity contribution in [3.63, 3.8) is 0 Å². The van der Waals surface area contributed by atoms with Crippen LogP contribution in [0.3, 0.4) is 0 Å². The van der Waals surface area contributed by atoms with Gasteiger partial charge in [0.1, 0.15) is 0 Å². The van der Waals surface area contributed by atoms with Crippen LogP contribution in [-0.2, 0) is 6.18 Å². The largest absolute Gasteiger partial charge is 0.416 e. The standard InChI is InChI=1S/C23H14ClF3N6/c24-19-12-11-16(23(25,26)27)13-20(19)33-21(15-7-3-1-4-8-15)18(14-28-33)22-29-30-31-32(22)17-9-5-2-6-10-17/h1-14H. The Morgan fingerprint density at radius 2 is 1.52 bits per heavy atom. The van der Waals surface area contributed by atoms with Crippen LogP contribution in [-0.4, -0.2) is 30.0 Å². The fraction of sp³-hybridized carbons (Fsp3) is 0.0435. The van der Waals surface area contributed by atoms with Crippen molar-refractivity contribution in [1.29, 1.82) is 0 Å². The predicted octanol–water partition coefficient (Wildman–Crippen LogP) is 5.85. The molecule has 0 unspecified atom stereocenters. The van der Waals surface area contributed by atoms with Gasteiger partial charge in [0.05, 0.1) is 39.4 Å². The van der Waals surface area contributed by atoms with Crippen molar-refractivity contribution >= 4 is 11.6 Å². The fourth-order valence-electron chi connectivity index (χ4n) is 3.52. The number of halogens is 4. The molecule has 2 aromatic heterocycles. The fourth-order valence-corrected chi connectivity index (χ4v) is 3.72. The summed E-state index contributed by atoms with van der Waals surface area (Å²) in [5.41, 5.74) is 1.73. The zero-order chi connectivity index (χ0) is 23.0. The molecule has 0 saturated carbocycles. The van der Waals surface area contributed by atoms with E-state index in [0.717, 1.165) is 17.8 Å². The van der Waals surface area contributed by atoms with Gasteiger partial charge in [-0.3, -0.25) is 0 Å². The summed E-state index contributed by atoms with van der Waals surface area (Å²) >= 11 is 6.33. The third kappa shape index (κ3) is 3.87. The minimum absolute atomic E-state index is 0.0929. The number of tetrazole rings is 1. The van der Waals surface area contributed by atoms with E-state index in [1.807, 2.05) is 60.7 Å². The second kappa shape index (κ2) is 8.18. The molecule has 0 aliphatic rings. The number of hydrogen-bond acceptors (Lipinski definition) is 4. The van der Waals surface area contributed by atoms with Crippen LogP contribution in [0.2, 0.25) is 5.02 Å². The number of aromatic nitrogens is 6. The van der Waals surface area contributed by atoms with Gasteiger partial charge in [-0.2, -0.15) is 23.0 Å². The highest BCUT2D eigenvalue weighted by Crippen LogP contribution is 2.37. The van der Waals surface area contributed by atoms with E-state index in [1.165, 1.54) is 16.9 Å². The quantitative estimate of drug-likeness (QED) is 0.333. The summed E-state index contributed by atoms with van der Waals surface area (Å²) in [7, 11) is 0. The summed E-state index contributed by atoms with van der Waals surface area (Å²) < 4.78 is 43.1. The first-order valence-electron chi connectivity index (χ1n) is 9.78. The number of hydrogen-bond donors (Lipinski definition) is 0. The molecule has 5 rings (SSSR count). The van der Waals surface area contributed by atoms with E-state index in [4.69, 9.17) is 11.6 Å². The maximum Gasteiger partial charge on any atom is 0.416 e. The van der Waals surface area contributed by atoms with Gasteiger partial charge in [0.2, 0.25) is 0 Å². The first-order chi connectivity index (χ1) is 15.9. The summed E-state index contributed by atoms with van der Waals surface area (Å²) in [5.74, 6) is 0.384. The summed E-state index contributed by atoms with van der Waals surface area (Å²) in [6.45, 7) is 0. The van der Waals surface area contributed by atoms with E-state index in [-0.39, 0.29) is 10.7 Å². The Morgan fingerprint density at radius 1 is 0.818 bits per heavy atom. The van der Waals surface area contributed by atoms with Crippen LogP contribution in [0, 0.1) is 0 Å². The van der Waals surface area contributed by atoms with Crippen molar-refractivity contribution in [1.82, 2.24) is 30.0 Å². The number of benzene rings is 3. The van der Waals surface area contributed by atoms with Crippen LogP contribution in [0.5, 0.6) is 0 Å². The molecule has 0 atom stereocenters. The Labute approximate surface area is 190 Å². The molecule has 0 N–H and O–H groups in total.